The number of fused-ring (bicyclic) bond motifs is 1. The molecule has 214 valence electrons. The molecular formula is C27H32N4O7S2. The van der Waals surface area contributed by atoms with E-state index in [1.807, 2.05) is 20.8 Å². The zero-order valence-corrected chi connectivity index (χ0v) is 24.2. The van der Waals surface area contributed by atoms with Crippen molar-refractivity contribution < 1.29 is 31.2 Å². The number of piperidine rings is 1. The summed E-state index contributed by atoms with van der Waals surface area (Å²) in [6.45, 7) is 5.93. The molecule has 40 heavy (non-hydrogen) atoms. The van der Waals surface area contributed by atoms with Gasteiger partial charge >= 0.3 is 0 Å². The van der Waals surface area contributed by atoms with Gasteiger partial charge in [0, 0.05) is 50.3 Å². The number of amides is 3. The summed E-state index contributed by atoms with van der Waals surface area (Å²) in [5.41, 5.74) is 1.38. The second kappa shape index (κ2) is 10.1. The number of nitrogens with one attached hydrogen (secondary N) is 1. The number of piperazine rings is 1. The largest absolute Gasteiger partial charge is 0.322 e. The van der Waals surface area contributed by atoms with Crippen molar-refractivity contribution in [1.82, 2.24) is 18.8 Å². The Morgan fingerprint density at radius 3 is 2.00 bits per heavy atom. The molecule has 0 bridgehead atoms. The average Bonchev–Trinajstić information content (AvgIpc) is 3.24. The molecule has 0 aromatic heterocycles. The summed E-state index contributed by atoms with van der Waals surface area (Å²) in [4.78, 5) is 38.5. The molecule has 1 unspecified atom stereocenters. The summed E-state index contributed by atoms with van der Waals surface area (Å²) in [6.07, 6.45) is 0.261. The fourth-order valence-electron chi connectivity index (χ4n) is 5.36. The number of carbonyl (C=O) groups excluding carboxylic acids is 3. The molecule has 13 heteroatoms. The molecule has 1 N–H and O–H groups in total. The first-order valence-electron chi connectivity index (χ1n) is 13.1. The van der Waals surface area contributed by atoms with Crippen LogP contribution in [0, 0.1) is 0 Å². The highest BCUT2D eigenvalue weighted by atomic mass is 32.2. The van der Waals surface area contributed by atoms with Gasteiger partial charge in [0.15, 0.2) is 0 Å². The highest BCUT2D eigenvalue weighted by Crippen LogP contribution is 2.34. The minimum atomic E-state index is -4.06. The van der Waals surface area contributed by atoms with Crippen molar-refractivity contribution in [3.8, 4) is 0 Å². The lowest BCUT2D eigenvalue weighted by Gasteiger charge is -2.33. The third-order valence-electron chi connectivity index (χ3n) is 7.71. The smallest absolute Gasteiger partial charge is 0.255 e. The van der Waals surface area contributed by atoms with E-state index in [2.05, 4.69) is 5.32 Å². The summed E-state index contributed by atoms with van der Waals surface area (Å²) >= 11 is 0. The van der Waals surface area contributed by atoms with Gasteiger partial charge in [0.1, 0.15) is 6.04 Å². The van der Waals surface area contributed by atoms with Crippen LogP contribution in [0.5, 0.6) is 0 Å². The molecule has 5 rings (SSSR count). The van der Waals surface area contributed by atoms with Crippen molar-refractivity contribution >= 4 is 37.8 Å². The third kappa shape index (κ3) is 4.95. The van der Waals surface area contributed by atoms with Crippen LogP contribution in [0.2, 0.25) is 0 Å². The molecule has 0 saturated carbocycles. The SMILES string of the molecule is CC(C)(C)c1ccc(S(=O)(=O)N2CCN(S(=O)(=O)c3cccc4c3CN(C3CCC(=O)NC3=O)C4=O)CC2)cc1. The molecule has 2 fully saturated rings. The first-order chi connectivity index (χ1) is 18.7. The Bertz CT molecular complexity index is 1590. The lowest BCUT2D eigenvalue weighted by molar-refractivity contribution is -0.136. The van der Waals surface area contributed by atoms with Crippen LogP contribution in [0.25, 0.3) is 0 Å². The minimum absolute atomic E-state index is 0.0149. The predicted molar refractivity (Wildman–Crippen MR) is 145 cm³/mol. The van der Waals surface area contributed by atoms with E-state index in [9.17, 15) is 31.2 Å². The Labute approximate surface area is 234 Å². The van der Waals surface area contributed by atoms with Gasteiger partial charge in [0.25, 0.3) is 5.91 Å². The fourth-order valence-corrected chi connectivity index (χ4v) is 8.45. The number of hydrogen-bond donors (Lipinski definition) is 1. The summed E-state index contributed by atoms with van der Waals surface area (Å²) < 4.78 is 56.4. The molecule has 3 aliphatic heterocycles. The number of sulfonamides is 2. The van der Waals surface area contributed by atoms with Crippen LogP contribution >= 0.6 is 0 Å². The Balaban J connectivity index is 1.32. The zero-order chi connectivity index (χ0) is 29.0. The molecule has 3 amide bonds. The van der Waals surface area contributed by atoms with Gasteiger partial charge in [-0.1, -0.05) is 39.0 Å². The molecule has 3 aliphatic rings. The monoisotopic (exact) mass is 588 g/mol. The van der Waals surface area contributed by atoms with Gasteiger partial charge in [-0.15, -0.1) is 0 Å². The van der Waals surface area contributed by atoms with Gasteiger partial charge < -0.3 is 4.90 Å². The highest BCUT2D eigenvalue weighted by Gasteiger charge is 2.42. The van der Waals surface area contributed by atoms with Crippen LogP contribution in [0.3, 0.4) is 0 Å². The van der Waals surface area contributed by atoms with E-state index in [-0.39, 0.29) is 66.3 Å². The van der Waals surface area contributed by atoms with Crippen molar-refractivity contribution in [3.05, 3.63) is 59.2 Å². The second-order valence-electron chi connectivity index (χ2n) is 11.3. The van der Waals surface area contributed by atoms with Crippen LogP contribution in [0.1, 0.15) is 55.1 Å². The van der Waals surface area contributed by atoms with E-state index in [1.165, 1.54) is 31.7 Å². The van der Waals surface area contributed by atoms with E-state index in [0.29, 0.717) is 5.56 Å². The Hall–Kier alpha value is -3.13. The predicted octanol–water partition coefficient (Wildman–Crippen LogP) is 1.44. The van der Waals surface area contributed by atoms with Crippen LogP contribution in [0.15, 0.2) is 52.3 Å². The molecular weight excluding hydrogens is 556 g/mol. The van der Waals surface area contributed by atoms with E-state index >= 15 is 0 Å². The van der Waals surface area contributed by atoms with E-state index < -0.39 is 43.8 Å². The third-order valence-corrected chi connectivity index (χ3v) is 11.6. The van der Waals surface area contributed by atoms with Gasteiger partial charge in [-0.2, -0.15) is 8.61 Å². The van der Waals surface area contributed by atoms with Crippen LogP contribution in [0.4, 0.5) is 0 Å². The summed E-state index contributed by atoms with van der Waals surface area (Å²) in [5.74, 6) is -1.45. The van der Waals surface area contributed by atoms with E-state index in [4.69, 9.17) is 0 Å². The molecule has 2 saturated heterocycles. The van der Waals surface area contributed by atoms with Crippen molar-refractivity contribution in [2.45, 2.75) is 61.4 Å². The fraction of sp³-hybridized carbons (Fsp3) is 0.444. The minimum Gasteiger partial charge on any atom is -0.322 e. The summed E-state index contributed by atoms with van der Waals surface area (Å²) in [7, 11) is -7.87. The van der Waals surface area contributed by atoms with Crippen molar-refractivity contribution in [3.63, 3.8) is 0 Å². The highest BCUT2D eigenvalue weighted by molar-refractivity contribution is 7.89. The Morgan fingerprint density at radius 2 is 1.43 bits per heavy atom. The van der Waals surface area contributed by atoms with E-state index in [0.717, 1.165) is 5.56 Å². The van der Waals surface area contributed by atoms with Gasteiger partial charge in [-0.3, -0.25) is 19.7 Å². The molecule has 2 aromatic rings. The molecule has 0 radical (unpaired) electrons. The molecule has 11 nitrogen and oxygen atoms in total. The normalized spacial score (nSPS) is 21.4. The maximum absolute atomic E-state index is 13.7. The zero-order valence-electron chi connectivity index (χ0n) is 22.6. The first-order valence-corrected chi connectivity index (χ1v) is 16.0. The lowest BCUT2D eigenvalue weighted by Crippen LogP contribution is -2.52. The number of nitrogens with zero attached hydrogens (tertiary/aromatic N) is 3. The second-order valence-corrected chi connectivity index (χ2v) is 15.1. The standard InChI is InChI=1S/C27H32N4O7S2/c1-27(2,3)18-7-9-19(10-8-18)39(35,36)29-13-15-30(16-14-29)40(37,38)23-6-4-5-20-21(23)17-31(26(20)34)22-11-12-24(32)28-25(22)33/h4-10,22H,11-17H2,1-3H3,(H,28,32,33). The maximum Gasteiger partial charge on any atom is 0.255 e. The number of benzene rings is 2. The molecule has 0 spiro atoms. The van der Waals surface area contributed by atoms with Gasteiger partial charge in [-0.25, -0.2) is 16.8 Å². The maximum atomic E-state index is 13.7. The number of rotatable bonds is 5. The Kier molecular flexibility index (Phi) is 7.14. The van der Waals surface area contributed by atoms with Crippen LogP contribution in [-0.2, 0) is 41.6 Å². The van der Waals surface area contributed by atoms with E-state index in [1.54, 1.807) is 24.3 Å². The van der Waals surface area contributed by atoms with Crippen molar-refractivity contribution in [2.24, 2.45) is 0 Å². The number of hydrogen-bond acceptors (Lipinski definition) is 7. The van der Waals surface area contributed by atoms with Crippen molar-refractivity contribution in [1.29, 1.82) is 0 Å². The van der Waals surface area contributed by atoms with Gasteiger partial charge in [-0.05, 0) is 41.7 Å². The average molecular weight is 589 g/mol. The van der Waals surface area contributed by atoms with Crippen LogP contribution < -0.4 is 5.32 Å². The lowest BCUT2D eigenvalue weighted by atomic mass is 9.87. The number of imide groups is 1. The summed E-state index contributed by atoms with van der Waals surface area (Å²) in [5, 5.41) is 2.24. The van der Waals surface area contributed by atoms with Gasteiger partial charge in [0.2, 0.25) is 31.9 Å². The van der Waals surface area contributed by atoms with Crippen LogP contribution in [-0.4, -0.2) is 80.3 Å². The topological polar surface area (TPSA) is 141 Å². The molecule has 1 atom stereocenters. The first kappa shape index (κ1) is 28.4. The molecule has 3 heterocycles. The molecule has 0 aliphatic carbocycles. The Morgan fingerprint density at radius 1 is 0.825 bits per heavy atom. The molecule has 2 aromatic carbocycles. The summed E-state index contributed by atoms with van der Waals surface area (Å²) in [6, 6.07) is 10.3. The van der Waals surface area contributed by atoms with Crippen molar-refractivity contribution in [2.75, 3.05) is 26.2 Å². The number of carbonyl (C=O) groups is 3. The quantitative estimate of drug-likeness (QED) is 0.521. The van der Waals surface area contributed by atoms with Gasteiger partial charge in [0.05, 0.1) is 9.79 Å².